The fourth-order valence-electron chi connectivity index (χ4n) is 3.50. The zero-order valence-electron chi connectivity index (χ0n) is 20.1. The number of halogens is 3. The number of sulfonamides is 1. The minimum atomic E-state index is -4.25. The smallest absolute Gasteiger partial charge is 0.264 e. The lowest BCUT2D eigenvalue weighted by Gasteiger charge is -2.28. The second kappa shape index (κ2) is 11.6. The first-order valence-corrected chi connectivity index (χ1v) is 13.2. The first-order valence-electron chi connectivity index (χ1n) is 10.7. The van der Waals surface area contributed by atoms with Crippen molar-refractivity contribution < 1.29 is 22.7 Å². The van der Waals surface area contributed by atoms with Gasteiger partial charge in [0.25, 0.3) is 10.0 Å². The summed E-state index contributed by atoms with van der Waals surface area (Å²) in [5.41, 5.74) is 1.39. The van der Waals surface area contributed by atoms with Crippen LogP contribution in [0, 0.1) is 0 Å². The van der Waals surface area contributed by atoms with Gasteiger partial charge in [-0.15, -0.1) is 0 Å². The van der Waals surface area contributed by atoms with E-state index in [1.54, 1.807) is 50.5 Å². The fourth-order valence-corrected chi connectivity index (χ4v) is 5.69. The number of amides is 1. The summed E-state index contributed by atoms with van der Waals surface area (Å²) in [6, 6.07) is 14.1. The van der Waals surface area contributed by atoms with Crippen molar-refractivity contribution in [3.63, 3.8) is 0 Å². The molecule has 7 nitrogen and oxygen atoms in total. The number of carbonyl (C=O) groups excluding carboxylic acids is 1. The van der Waals surface area contributed by atoms with Crippen LogP contribution in [0.2, 0.25) is 15.1 Å². The van der Waals surface area contributed by atoms with Crippen molar-refractivity contribution in [2.75, 3.05) is 39.2 Å². The molecule has 192 valence electrons. The molecule has 0 aliphatic rings. The number of hydrogen-bond donors (Lipinski definition) is 0. The maximum absolute atomic E-state index is 14.0. The summed E-state index contributed by atoms with van der Waals surface area (Å²) in [7, 11) is 1.72. The number of rotatable bonds is 9. The van der Waals surface area contributed by atoms with Crippen LogP contribution < -0.4 is 13.8 Å². The van der Waals surface area contributed by atoms with E-state index in [-0.39, 0.29) is 22.8 Å². The van der Waals surface area contributed by atoms with Gasteiger partial charge in [-0.3, -0.25) is 9.10 Å². The lowest BCUT2D eigenvalue weighted by atomic mass is 10.0. The van der Waals surface area contributed by atoms with Gasteiger partial charge in [0.15, 0.2) is 11.5 Å². The van der Waals surface area contributed by atoms with Gasteiger partial charge in [0.05, 0.1) is 24.8 Å². The molecule has 0 aromatic heterocycles. The standard InChI is InChI=1S/C25H25Cl3N2O5S/c1-29(2)25(31)15-30(36(32,33)18-9-11-23(34-3)24(14-18)35-4)22-10-8-17(26)12-16(22)13-19-20(27)6-5-7-21(19)28/h5-12,14H,13,15H2,1-4H3. The van der Waals surface area contributed by atoms with E-state index in [0.29, 0.717) is 31.9 Å². The van der Waals surface area contributed by atoms with E-state index in [0.717, 1.165) is 4.31 Å². The molecule has 0 heterocycles. The summed E-state index contributed by atoms with van der Waals surface area (Å²) < 4.78 is 39.5. The van der Waals surface area contributed by atoms with Gasteiger partial charge in [-0.1, -0.05) is 40.9 Å². The molecule has 0 unspecified atom stereocenters. The first kappa shape index (κ1) is 27.9. The van der Waals surface area contributed by atoms with Crippen molar-refractivity contribution in [1.29, 1.82) is 0 Å². The third kappa shape index (κ3) is 6.00. The van der Waals surface area contributed by atoms with Gasteiger partial charge < -0.3 is 14.4 Å². The molecule has 0 spiro atoms. The molecule has 0 saturated carbocycles. The number of ether oxygens (including phenoxy) is 2. The second-order valence-corrected chi connectivity index (χ2v) is 11.1. The van der Waals surface area contributed by atoms with E-state index in [2.05, 4.69) is 0 Å². The highest BCUT2D eigenvalue weighted by Crippen LogP contribution is 2.36. The van der Waals surface area contributed by atoms with Crippen molar-refractivity contribution in [3.05, 3.63) is 80.8 Å². The summed E-state index contributed by atoms with van der Waals surface area (Å²) >= 11 is 19.1. The van der Waals surface area contributed by atoms with Gasteiger partial charge >= 0.3 is 0 Å². The van der Waals surface area contributed by atoms with Crippen LogP contribution in [0.3, 0.4) is 0 Å². The Labute approximate surface area is 226 Å². The third-order valence-electron chi connectivity index (χ3n) is 5.46. The predicted octanol–water partition coefficient (Wildman–Crippen LogP) is 5.54. The van der Waals surface area contributed by atoms with Gasteiger partial charge in [0.1, 0.15) is 6.54 Å². The molecule has 0 atom stereocenters. The molecule has 3 aromatic rings. The zero-order chi connectivity index (χ0) is 26.6. The number of hydrogen-bond acceptors (Lipinski definition) is 5. The number of likely N-dealkylation sites (N-methyl/N-ethyl adjacent to an activating group) is 1. The van der Waals surface area contributed by atoms with Crippen LogP contribution in [0.25, 0.3) is 0 Å². The molecule has 1 amide bonds. The summed E-state index contributed by atoms with van der Waals surface area (Å²) in [6.07, 6.45) is 0.183. The average molecular weight is 572 g/mol. The predicted molar refractivity (Wildman–Crippen MR) is 143 cm³/mol. The van der Waals surface area contributed by atoms with Gasteiger partial charge in [-0.25, -0.2) is 8.42 Å². The Hall–Kier alpha value is -2.65. The van der Waals surface area contributed by atoms with Gasteiger partial charge in [0.2, 0.25) is 5.91 Å². The summed E-state index contributed by atoms with van der Waals surface area (Å²) in [4.78, 5) is 14.0. The number of methoxy groups -OCH3 is 2. The second-order valence-electron chi connectivity index (χ2n) is 7.97. The van der Waals surface area contributed by atoms with Crippen LogP contribution in [0.1, 0.15) is 11.1 Å². The van der Waals surface area contributed by atoms with E-state index in [9.17, 15) is 13.2 Å². The maximum atomic E-state index is 14.0. The van der Waals surface area contributed by atoms with Crippen molar-refractivity contribution in [2.45, 2.75) is 11.3 Å². The van der Waals surface area contributed by atoms with Crippen LogP contribution in [0.4, 0.5) is 5.69 Å². The number of anilines is 1. The zero-order valence-corrected chi connectivity index (χ0v) is 23.2. The molecule has 36 heavy (non-hydrogen) atoms. The third-order valence-corrected chi connectivity index (χ3v) is 8.16. The normalized spacial score (nSPS) is 11.2. The van der Waals surface area contributed by atoms with Gasteiger partial charge in [0, 0.05) is 41.7 Å². The quantitative estimate of drug-likeness (QED) is 0.337. The highest BCUT2D eigenvalue weighted by Gasteiger charge is 2.31. The van der Waals surface area contributed by atoms with E-state index < -0.39 is 22.5 Å². The molecule has 0 aliphatic heterocycles. The molecule has 3 aromatic carbocycles. The summed E-state index contributed by atoms with van der Waals surface area (Å²) in [5, 5.41) is 1.23. The van der Waals surface area contributed by atoms with E-state index >= 15 is 0 Å². The lowest BCUT2D eigenvalue weighted by Crippen LogP contribution is -2.41. The van der Waals surface area contributed by atoms with Crippen molar-refractivity contribution in [3.8, 4) is 11.5 Å². The maximum Gasteiger partial charge on any atom is 0.264 e. The molecule has 0 N–H and O–H groups in total. The topological polar surface area (TPSA) is 76.2 Å². The minimum Gasteiger partial charge on any atom is -0.493 e. The van der Waals surface area contributed by atoms with Gasteiger partial charge in [-0.2, -0.15) is 0 Å². The molecule has 0 bridgehead atoms. The van der Waals surface area contributed by atoms with E-state index in [1.807, 2.05) is 0 Å². The van der Waals surface area contributed by atoms with Crippen LogP contribution in [0.5, 0.6) is 11.5 Å². The van der Waals surface area contributed by atoms with Crippen LogP contribution in [-0.4, -0.2) is 54.1 Å². The number of nitrogens with zero attached hydrogens (tertiary/aromatic N) is 2. The number of carbonyl (C=O) groups is 1. The highest BCUT2D eigenvalue weighted by molar-refractivity contribution is 7.92. The summed E-state index contributed by atoms with van der Waals surface area (Å²) in [6.45, 7) is -0.450. The van der Waals surface area contributed by atoms with Crippen molar-refractivity contribution in [2.24, 2.45) is 0 Å². The minimum absolute atomic E-state index is 0.0802. The van der Waals surface area contributed by atoms with E-state index in [1.165, 1.54) is 37.3 Å². The molecule has 0 fully saturated rings. The summed E-state index contributed by atoms with van der Waals surface area (Å²) in [5.74, 6) is 0.181. The van der Waals surface area contributed by atoms with E-state index in [4.69, 9.17) is 44.3 Å². The van der Waals surface area contributed by atoms with Crippen LogP contribution in [-0.2, 0) is 21.2 Å². The fraction of sp³-hybridized carbons (Fsp3) is 0.240. The van der Waals surface area contributed by atoms with Crippen LogP contribution >= 0.6 is 34.8 Å². The molecule has 3 rings (SSSR count). The average Bonchev–Trinajstić information content (AvgIpc) is 2.84. The molecular formula is C25H25Cl3N2O5S. The van der Waals surface area contributed by atoms with Crippen molar-refractivity contribution >= 4 is 56.4 Å². The Kier molecular flexibility index (Phi) is 9.00. The molecular weight excluding hydrogens is 547 g/mol. The first-order chi connectivity index (χ1) is 17.0. The Morgan fingerprint density at radius 3 is 2.11 bits per heavy atom. The Morgan fingerprint density at radius 1 is 0.889 bits per heavy atom. The number of benzene rings is 3. The SMILES string of the molecule is COc1ccc(S(=O)(=O)N(CC(=O)N(C)C)c2ccc(Cl)cc2Cc2c(Cl)cccc2Cl)cc1OC. The van der Waals surface area contributed by atoms with Crippen molar-refractivity contribution in [1.82, 2.24) is 4.90 Å². The Balaban J connectivity index is 2.21. The Bertz CT molecular complexity index is 1360. The monoisotopic (exact) mass is 570 g/mol. The lowest BCUT2D eigenvalue weighted by molar-refractivity contribution is -0.127. The molecule has 0 radical (unpaired) electrons. The van der Waals surface area contributed by atoms with Gasteiger partial charge in [-0.05, 0) is 53.6 Å². The molecule has 0 aliphatic carbocycles. The largest absolute Gasteiger partial charge is 0.493 e. The molecule has 0 saturated heterocycles. The highest BCUT2D eigenvalue weighted by atomic mass is 35.5. The Morgan fingerprint density at radius 2 is 1.53 bits per heavy atom. The molecule has 11 heteroatoms. The van der Waals surface area contributed by atoms with Crippen LogP contribution in [0.15, 0.2) is 59.5 Å².